The molecular weight excluding hydrogens is 242 g/mol. The number of benzene rings is 1. The molecule has 1 aliphatic heterocycles. The van der Waals surface area contributed by atoms with Gasteiger partial charge in [-0.3, -0.25) is 5.21 Å². The molecule has 1 aromatic heterocycles. The maximum Gasteiger partial charge on any atom is 0.155 e. The first-order valence-corrected chi connectivity index (χ1v) is 6.16. The van der Waals surface area contributed by atoms with E-state index < -0.39 is 0 Å². The van der Waals surface area contributed by atoms with Crippen molar-refractivity contribution in [3.8, 4) is 11.5 Å². The van der Waals surface area contributed by atoms with Gasteiger partial charge in [-0.2, -0.15) is 0 Å². The molecule has 0 saturated heterocycles. The van der Waals surface area contributed by atoms with Gasteiger partial charge in [0, 0.05) is 11.6 Å². The highest BCUT2D eigenvalue weighted by Crippen LogP contribution is 2.28. The van der Waals surface area contributed by atoms with Gasteiger partial charge in [-0.05, 0) is 24.6 Å². The van der Waals surface area contributed by atoms with Gasteiger partial charge in [0.2, 0.25) is 0 Å². The summed E-state index contributed by atoms with van der Waals surface area (Å²) in [6.45, 7) is 0.402. The molecule has 0 fully saturated rings. The third-order valence-corrected chi connectivity index (χ3v) is 3.03. The van der Waals surface area contributed by atoms with Crippen molar-refractivity contribution in [2.45, 2.75) is 12.5 Å². The van der Waals surface area contributed by atoms with Crippen molar-refractivity contribution >= 4 is 5.82 Å². The monoisotopic (exact) mass is 257 g/mol. The number of fused-ring (bicyclic) bond motifs is 1. The SMILES string of the molecule is N[C@H]1Cc2cc(Oc3ccccc3)cnc2N(O)C1. The number of hydroxylamine groups is 1. The maximum atomic E-state index is 9.76. The van der Waals surface area contributed by atoms with Crippen molar-refractivity contribution in [2.75, 3.05) is 11.6 Å². The molecule has 2 heterocycles. The average Bonchev–Trinajstić information content (AvgIpc) is 2.39. The molecule has 1 aromatic carbocycles. The second kappa shape index (κ2) is 4.87. The number of anilines is 1. The summed E-state index contributed by atoms with van der Waals surface area (Å²) in [6.07, 6.45) is 2.29. The molecule has 3 N–H and O–H groups in total. The van der Waals surface area contributed by atoms with Gasteiger partial charge in [0.1, 0.15) is 11.5 Å². The van der Waals surface area contributed by atoms with Crippen molar-refractivity contribution in [1.29, 1.82) is 0 Å². The van der Waals surface area contributed by atoms with E-state index in [-0.39, 0.29) is 6.04 Å². The minimum atomic E-state index is -0.0914. The molecule has 0 aliphatic carbocycles. The molecule has 5 heteroatoms. The van der Waals surface area contributed by atoms with Crippen molar-refractivity contribution in [3.63, 3.8) is 0 Å². The second-order valence-corrected chi connectivity index (χ2v) is 4.62. The van der Waals surface area contributed by atoms with Crippen LogP contribution in [0.25, 0.3) is 0 Å². The van der Waals surface area contributed by atoms with Crippen molar-refractivity contribution in [1.82, 2.24) is 4.98 Å². The molecule has 0 amide bonds. The molecule has 1 aliphatic rings. The van der Waals surface area contributed by atoms with Crippen LogP contribution in [0.2, 0.25) is 0 Å². The standard InChI is InChI=1S/C14H15N3O2/c15-11-6-10-7-13(8-16-14(10)17(18)9-11)19-12-4-2-1-3-5-12/h1-5,7-8,11,18H,6,9,15H2/t11-/m0/s1. The number of nitrogens with zero attached hydrogens (tertiary/aromatic N) is 2. The lowest BCUT2D eigenvalue weighted by Crippen LogP contribution is -2.42. The predicted octanol–water partition coefficient (Wildman–Crippen LogP) is 1.95. The van der Waals surface area contributed by atoms with Crippen LogP contribution in [-0.2, 0) is 6.42 Å². The Balaban J connectivity index is 1.87. The molecule has 3 rings (SSSR count). The van der Waals surface area contributed by atoms with Crippen LogP contribution in [0.1, 0.15) is 5.56 Å². The normalized spacial score (nSPS) is 18.0. The molecule has 0 radical (unpaired) electrons. The Bertz CT molecular complexity index is 574. The fraction of sp³-hybridized carbons (Fsp3) is 0.214. The molecule has 0 bridgehead atoms. The molecule has 2 aromatic rings. The van der Waals surface area contributed by atoms with Crippen LogP contribution >= 0.6 is 0 Å². The maximum absolute atomic E-state index is 9.76. The zero-order chi connectivity index (χ0) is 13.2. The number of para-hydroxylation sites is 1. The van der Waals surface area contributed by atoms with Gasteiger partial charge < -0.3 is 10.5 Å². The number of hydrogen-bond donors (Lipinski definition) is 2. The zero-order valence-corrected chi connectivity index (χ0v) is 10.4. The third kappa shape index (κ3) is 2.52. The van der Waals surface area contributed by atoms with Gasteiger partial charge >= 0.3 is 0 Å². The first-order chi connectivity index (χ1) is 9.22. The lowest BCUT2D eigenvalue weighted by atomic mass is 10.0. The Labute approximate surface area is 111 Å². The summed E-state index contributed by atoms with van der Waals surface area (Å²) in [5.41, 5.74) is 6.77. The van der Waals surface area contributed by atoms with Crippen LogP contribution in [0.3, 0.4) is 0 Å². The summed E-state index contributed by atoms with van der Waals surface area (Å²) in [6, 6.07) is 11.3. The quantitative estimate of drug-likeness (QED) is 0.860. The number of pyridine rings is 1. The number of rotatable bonds is 2. The highest BCUT2D eigenvalue weighted by atomic mass is 16.5. The van der Waals surface area contributed by atoms with Crippen LogP contribution in [0.4, 0.5) is 5.82 Å². The minimum absolute atomic E-state index is 0.0914. The third-order valence-electron chi connectivity index (χ3n) is 3.03. The molecule has 98 valence electrons. The van der Waals surface area contributed by atoms with Gasteiger partial charge in [-0.1, -0.05) is 18.2 Å². The highest BCUT2D eigenvalue weighted by Gasteiger charge is 2.22. The predicted molar refractivity (Wildman–Crippen MR) is 71.6 cm³/mol. The summed E-state index contributed by atoms with van der Waals surface area (Å²) in [4.78, 5) is 4.23. The first-order valence-electron chi connectivity index (χ1n) is 6.16. The minimum Gasteiger partial charge on any atom is -0.456 e. The van der Waals surface area contributed by atoms with Gasteiger partial charge in [0.15, 0.2) is 5.82 Å². The second-order valence-electron chi connectivity index (χ2n) is 4.62. The smallest absolute Gasteiger partial charge is 0.155 e. The number of ether oxygens (including phenoxy) is 1. The molecule has 5 nitrogen and oxygen atoms in total. The van der Waals surface area contributed by atoms with E-state index in [4.69, 9.17) is 10.5 Å². The van der Waals surface area contributed by atoms with E-state index in [1.807, 2.05) is 36.4 Å². The van der Waals surface area contributed by atoms with Crippen LogP contribution < -0.4 is 15.5 Å². The first kappa shape index (κ1) is 12.0. The Morgan fingerprint density at radius 1 is 1.26 bits per heavy atom. The highest BCUT2D eigenvalue weighted by molar-refractivity contribution is 5.50. The summed E-state index contributed by atoms with van der Waals surface area (Å²) >= 11 is 0. The molecule has 0 unspecified atom stereocenters. The van der Waals surface area contributed by atoms with E-state index in [2.05, 4.69) is 4.98 Å². The summed E-state index contributed by atoms with van der Waals surface area (Å²) in [5, 5.41) is 10.9. The van der Waals surface area contributed by atoms with E-state index in [1.54, 1.807) is 6.20 Å². The van der Waals surface area contributed by atoms with Crippen molar-refractivity contribution < 1.29 is 9.94 Å². The Morgan fingerprint density at radius 3 is 2.84 bits per heavy atom. The topological polar surface area (TPSA) is 71.6 Å². The van der Waals surface area contributed by atoms with Gasteiger partial charge in [-0.15, -0.1) is 0 Å². The average molecular weight is 257 g/mol. The Hall–Kier alpha value is -2.11. The summed E-state index contributed by atoms with van der Waals surface area (Å²) < 4.78 is 5.71. The van der Waals surface area contributed by atoms with E-state index in [0.29, 0.717) is 24.5 Å². The fourth-order valence-corrected chi connectivity index (χ4v) is 2.20. The molecule has 19 heavy (non-hydrogen) atoms. The Morgan fingerprint density at radius 2 is 2.05 bits per heavy atom. The van der Waals surface area contributed by atoms with E-state index in [1.165, 1.54) is 0 Å². The number of aromatic nitrogens is 1. The van der Waals surface area contributed by atoms with Gasteiger partial charge in [-0.25, -0.2) is 10.0 Å². The molecular formula is C14H15N3O2. The van der Waals surface area contributed by atoms with Crippen LogP contribution in [0, 0.1) is 0 Å². The van der Waals surface area contributed by atoms with Crippen molar-refractivity contribution in [2.24, 2.45) is 5.73 Å². The lowest BCUT2D eigenvalue weighted by Gasteiger charge is -2.28. The zero-order valence-electron chi connectivity index (χ0n) is 10.4. The van der Waals surface area contributed by atoms with Crippen LogP contribution in [0.5, 0.6) is 11.5 Å². The van der Waals surface area contributed by atoms with Gasteiger partial charge in [0.05, 0.1) is 12.7 Å². The molecule has 0 saturated carbocycles. The van der Waals surface area contributed by atoms with Crippen LogP contribution in [0.15, 0.2) is 42.6 Å². The van der Waals surface area contributed by atoms with E-state index in [9.17, 15) is 5.21 Å². The fourth-order valence-electron chi connectivity index (χ4n) is 2.20. The van der Waals surface area contributed by atoms with E-state index in [0.717, 1.165) is 16.4 Å². The number of nitrogens with two attached hydrogens (primary N) is 1. The summed E-state index contributed by atoms with van der Waals surface area (Å²) in [7, 11) is 0. The van der Waals surface area contributed by atoms with Crippen LogP contribution in [-0.4, -0.2) is 22.8 Å². The summed E-state index contributed by atoms with van der Waals surface area (Å²) in [5.74, 6) is 1.96. The van der Waals surface area contributed by atoms with Gasteiger partial charge in [0.25, 0.3) is 0 Å². The lowest BCUT2D eigenvalue weighted by molar-refractivity contribution is 0.234. The van der Waals surface area contributed by atoms with E-state index >= 15 is 0 Å². The Kier molecular flexibility index (Phi) is 3.06. The number of hydrogen-bond acceptors (Lipinski definition) is 5. The molecule has 0 spiro atoms. The van der Waals surface area contributed by atoms with Crippen molar-refractivity contribution in [3.05, 3.63) is 48.2 Å². The molecule has 1 atom stereocenters. The largest absolute Gasteiger partial charge is 0.456 e.